The molecule has 2 aromatic carbocycles. The summed E-state index contributed by atoms with van der Waals surface area (Å²) < 4.78 is 1.69. The Bertz CT molecular complexity index is 993. The Balaban J connectivity index is 1.51. The fraction of sp³-hybridized carbons (Fsp3) is 0.227. The van der Waals surface area contributed by atoms with Crippen molar-refractivity contribution >= 4 is 29.1 Å². The van der Waals surface area contributed by atoms with Crippen LogP contribution in [0.1, 0.15) is 33.7 Å². The van der Waals surface area contributed by atoms with Crippen LogP contribution in [0.3, 0.4) is 0 Å². The van der Waals surface area contributed by atoms with Crippen molar-refractivity contribution in [2.45, 2.75) is 25.2 Å². The third-order valence-electron chi connectivity index (χ3n) is 4.53. The number of ketones is 1. The van der Waals surface area contributed by atoms with E-state index >= 15 is 0 Å². The smallest absolute Gasteiger partial charge is 0.228 e. The zero-order chi connectivity index (χ0) is 20.1. The second kappa shape index (κ2) is 8.89. The summed E-state index contributed by atoms with van der Waals surface area (Å²) in [5.41, 5.74) is 3.75. The van der Waals surface area contributed by atoms with E-state index in [0.29, 0.717) is 29.2 Å². The molecule has 1 aromatic heterocycles. The van der Waals surface area contributed by atoms with Crippen LogP contribution in [-0.2, 0) is 11.8 Å². The lowest BCUT2D eigenvalue weighted by Gasteiger charge is -2.07. The SMILES string of the molecule is Cc1ccc(SCCC(=O)Nc2ccc(C(=O)c3nccn3C)cc2)cc1C. The van der Waals surface area contributed by atoms with Gasteiger partial charge in [-0.3, -0.25) is 9.59 Å². The Kier molecular flexibility index (Phi) is 6.31. The molecule has 6 heteroatoms. The molecule has 0 radical (unpaired) electrons. The van der Waals surface area contributed by atoms with Crippen LogP contribution >= 0.6 is 11.8 Å². The third kappa shape index (κ3) is 4.89. The van der Waals surface area contributed by atoms with Gasteiger partial charge < -0.3 is 9.88 Å². The van der Waals surface area contributed by atoms with Gasteiger partial charge in [-0.05, 0) is 61.4 Å². The number of carbonyl (C=O) groups is 2. The zero-order valence-corrected chi connectivity index (χ0v) is 17.0. The topological polar surface area (TPSA) is 64.0 Å². The monoisotopic (exact) mass is 393 g/mol. The average Bonchev–Trinajstić information content (AvgIpc) is 3.10. The first-order chi connectivity index (χ1) is 13.4. The maximum atomic E-state index is 12.4. The van der Waals surface area contributed by atoms with E-state index in [4.69, 9.17) is 0 Å². The third-order valence-corrected chi connectivity index (χ3v) is 5.53. The van der Waals surface area contributed by atoms with Crippen molar-refractivity contribution in [2.24, 2.45) is 7.05 Å². The van der Waals surface area contributed by atoms with E-state index in [1.54, 1.807) is 60.0 Å². The molecule has 0 spiro atoms. The van der Waals surface area contributed by atoms with Crippen LogP contribution < -0.4 is 5.32 Å². The fourth-order valence-corrected chi connectivity index (χ4v) is 3.65. The quantitative estimate of drug-likeness (QED) is 0.478. The number of anilines is 1. The number of benzene rings is 2. The molecule has 0 saturated carbocycles. The molecule has 144 valence electrons. The van der Waals surface area contributed by atoms with Crippen LogP contribution in [0.2, 0.25) is 0 Å². The Morgan fingerprint density at radius 3 is 2.46 bits per heavy atom. The van der Waals surface area contributed by atoms with Gasteiger partial charge in [-0.25, -0.2) is 4.98 Å². The van der Waals surface area contributed by atoms with Crippen molar-refractivity contribution in [3.05, 3.63) is 77.4 Å². The fourth-order valence-electron chi connectivity index (χ4n) is 2.71. The van der Waals surface area contributed by atoms with Gasteiger partial charge in [0.25, 0.3) is 0 Å². The molecule has 0 aliphatic rings. The normalized spacial score (nSPS) is 10.7. The van der Waals surface area contributed by atoms with Gasteiger partial charge in [0.1, 0.15) is 0 Å². The van der Waals surface area contributed by atoms with Gasteiger partial charge in [0.15, 0.2) is 5.82 Å². The van der Waals surface area contributed by atoms with Gasteiger partial charge in [0, 0.05) is 47.8 Å². The minimum atomic E-state index is -0.143. The highest BCUT2D eigenvalue weighted by molar-refractivity contribution is 7.99. The van der Waals surface area contributed by atoms with Crippen LogP contribution in [0, 0.1) is 13.8 Å². The van der Waals surface area contributed by atoms with Gasteiger partial charge in [-0.2, -0.15) is 0 Å². The van der Waals surface area contributed by atoms with Gasteiger partial charge in [0.2, 0.25) is 11.7 Å². The second-order valence-electron chi connectivity index (χ2n) is 6.66. The molecule has 0 atom stereocenters. The number of hydrogen-bond acceptors (Lipinski definition) is 4. The number of rotatable bonds is 7. The Hall–Kier alpha value is -2.86. The summed E-state index contributed by atoms with van der Waals surface area (Å²) in [6.45, 7) is 4.18. The maximum absolute atomic E-state index is 12.4. The lowest BCUT2D eigenvalue weighted by molar-refractivity contribution is -0.115. The minimum absolute atomic E-state index is 0.0421. The van der Waals surface area contributed by atoms with Crippen molar-refractivity contribution in [3.63, 3.8) is 0 Å². The van der Waals surface area contributed by atoms with Crippen LogP contribution in [0.4, 0.5) is 5.69 Å². The highest BCUT2D eigenvalue weighted by atomic mass is 32.2. The molecular weight excluding hydrogens is 370 g/mol. The minimum Gasteiger partial charge on any atom is -0.331 e. The first-order valence-electron chi connectivity index (χ1n) is 9.06. The predicted octanol–water partition coefficient (Wildman–Crippen LogP) is 4.39. The van der Waals surface area contributed by atoms with Crippen molar-refractivity contribution in [1.82, 2.24) is 9.55 Å². The van der Waals surface area contributed by atoms with E-state index < -0.39 is 0 Å². The zero-order valence-electron chi connectivity index (χ0n) is 16.2. The second-order valence-corrected chi connectivity index (χ2v) is 7.83. The van der Waals surface area contributed by atoms with Crippen LogP contribution in [0.15, 0.2) is 59.8 Å². The standard InChI is InChI=1S/C22H23N3O2S/c1-15-4-9-19(14-16(15)2)28-13-10-20(26)24-18-7-5-17(6-8-18)21(27)22-23-11-12-25(22)3/h4-9,11-12,14H,10,13H2,1-3H3,(H,24,26). The van der Waals surface area contributed by atoms with E-state index in [9.17, 15) is 9.59 Å². The number of aryl methyl sites for hydroxylation is 3. The summed E-state index contributed by atoms with van der Waals surface area (Å²) in [4.78, 5) is 29.8. The van der Waals surface area contributed by atoms with E-state index in [2.05, 4.69) is 42.3 Å². The molecule has 0 bridgehead atoms. The summed E-state index contributed by atoms with van der Waals surface area (Å²) in [6.07, 6.45) is 3.75. The number of thioether (sulfide) groups is 1. The molecule has 0 aliphatic heterocycles. The van der Waals surface area contributed by atoms with Gasteiger partial charge in [-0.15, -0.1) is 11.8 Å². The number of nitrogens with one attached hydrogen (secondary N) is 1. The molecule has 0 fully saturated rings. The maximum Gasteiger partial charge on any atom is 0.228 e. The van der Waals surface area contributed by atoms with E-state index in [1.165, 1.54) is 16.0 Å². The van der Waals surface area contributed by atoms with Gasteiger partial charge in [0.05, 0.1) is 0 Å². The summed E-state index contributed by atoms with van der Waals surface area (Å²) in [5.74, 6) is 0.916. The summed E-state index contributed by atoms with van der Waals surface area (Å²) in [6, 6.07) is 13.2. The first-order valence-corrected chi connectivity index (χ1v) is 10.0. The molecule has 0 unspecified atom stereocenters. The molecule has 28 heavy (non-hydrogen) atoms. The number of carbonyl (C=O) groups excluding carboxylic acids is 2. The Morgan fingerprint density at radius 1 is 1.07 bits per heavy atom. The molecule has 1 heterocycles. The highest BCUT2D eigenvalue weighted by Crippen LogP contribution is 2.22. The molecule has 3 rings (SSSR count). The van der Waals surface area contributed by atoms with Gasteiger partial charge >= 0.3 is 0 Å². The van der Waals surface area contributed by atoms with Crippen molar-refractivity contribution in [2.75, 3.05) is 11.1 Å². The number of aromatic nitrogens is 2. The summed E-state index contributed by atoms with van der Waals surface area (Å²) in [7, 11) is 1.78. The Morgan fingerprint density at radius 2 is 1.82 bits per heavy atom. The van der Waals surface area contributed by atoms with Crippen LogP contribution in [0.25, 0.3) is 0 Å². The summed E-state index contributed by atoms with van der Waals surface area (Å²) >= 11 is 1.67. The molecular formula is C22H23N3O2S. The van der Waals surface area contributed by atoms with Crippen molar-refractivity contribution < 1.29 is 9.59 Å². The Labute approximate surface area is 169 Å². The number of imidazole rings is 1. The van der Waals surface area contributed by atoms with E-state index in [1.807, 2.05) is 0 Å². The molecule has 1 N–H and O–H groups in total. The first kappa shape index (κ1) is 19.9. The van der Waals surface area contributed by atoms with Gasteiger partial charge in [-0.1, -0.05) is 6.07 Å². The van der Waals surface area contributed by atoms with Crippen molar-refractivity contribution in [1.29, 1.82) is 0 Å². The average molecular weight is 394 g/mol. The number of hydrogen-bond donors (Lipinski definition) is 1. The van der Waals surface area contributed by atoms with Crippen LogP contribution in [-0.4, -0.2) is 27.0 Å². The van der Waals surface area contributed by atoms with E-state index in [-0.39, 0.29) is 11.7 Å². The number of amides is 1. The number of nitrogens with zero attached hydrogens (tertiary/aromatic N) is 2. The lowest BCUT2D eigenvalue weighted by Crippen LogP contribution is -2.13. The molecule has 1 amide bonds. The highest BCUT2D eigenvalue weighted by Gasteiger charge is 2.13. The predicted molar refractivity (Wildman–Crippen MR) is 113 cm³/mol. The molecule has 0 saturated heterocycles. The molecule has 3 aromatic rings. The lowest BCUT2D eigenvalue weighted by atomic mass is 10.1. The summed E-state index contributed by atoms with van der Waals surface area (Å²) in [5, 5.41) is 2.88. The van der Waals surface area contributed by atoms with E-state index in [0.717, 1.165) is 0 Å². The van der Waals surface area contributed by atoms with Crippen LogP contribution in [0.5, 0.6) is 0 Å². The molecule has 0 aliphatic carbocycles. The largest absolute Gasteiger partial charge is 0.331 e. The van der Waals surface area contributed by atoms with Crippen molar-refractivity contribution in [3.8, 4) is 0 Å². The molecule has 5 nitrogen and oxygen atoms in total.